The zero-order chi connectivity index (χ0) is 26.5. The summed E-state index contributed by atoms with van der Waals surface area (Å²) in [5.41, 5.74) is 3.18. The monoisotopic (exact) mass is 585 g/mol. The van der Waals surface area contributed by atoms with Gasteiger partial charge in [0.05, 0.1) is 26.7 Å². The molecule has 5 rings (SSSR count). The number of halogens is 1. The van der Waals surface area contributed by atoms with E-state index in [0.29, 0.717) is 28.7 Å². The average molecular weight is 587 g/mol. The lowest BCUT2D eigenvalue weighted by atomic mass is 9.85. The van der Waals surface area contributed by atoms with Crippen LogP contribution in [-0.2, 0) is 11.4 Å². The van der Waals surface area contributed by atoms with Crippen LogP contribution in [0.15, 0.2) is 87.2 Å². The molecule has 5 nitrogen and oxygen atoms in total. The Hall–Kier alpha value is -3.34. The van der Waals surface area contributed by atoms with Crippen LogP contribution in [0.1, 0.15) is 49.3 Å². The van der Waals surface area contributed by atoms with E-state index in [0.717, 1.165) is 45.7 Å². The second-order valence-corrected chi connectivity index (χ2v) is 11.5. The fraction of sp³-hybridized carbons (Fsp3) is 0.258. The summed E-state index contributed by atoms with van der Waals surface area (Å²) in [4.78, 5) is 21.2. The number of rotatable bonds is 6. The van der Waals surface area contributed by atoms with E-state index in [9.17, 15) is 10.1 Å². The number of amidine groups is 1. The van der Waals surface area contributed by atoms with Crippen molar-refractivity contribution in [2.24, 2.45) is 10.9 Å². The van der Waals surface area contributed by atoms with Gasteiger partial charge in [0, 0.05) is 11.6 Å². The third-order valence-electron chi connectivity index (χ3n) is 6.99. The van der Waals surface area contributed by atoms with Crippen molar-refractivity contribution < 1.29 is 9.53 Å². The maximum absolute atomic E-state index is 13.7. The molecule has 1 amide bonds. The third-order valence-corrected chi connectivity index (χ3v) is 8.59. The van der Waals surface area contributed by atoms with Crippen LogP contribution >= 0.6 is 27.7 Å². The van der Waals surface area contributed by atoms with Crippen LogP contribution in [-0.4, -0.2) is 22.0 Å². The number of ether oxygens (including phenoxy) is 1. The predicted molar refractivity (Wildman–Crippen MR) is 157 cm³/mol. The van der Waals surface area contributed by atoms with Crippen molar-refractivity contribution in [2.75, 3.05) is 0 Å². The van der Waals surface area contributed by atoms with Gasteiger partial charge in [-0.2, -0.15) is 5.26 Å². The van der Waals surface area contributed by atoms with Gasteiger partial charge in [0.15, 0.2) is 5.17 Å². The molecule has 192 valence electrons. The lowest BCUT2D eigenvalue weighted by molar-refractivity contribution is -0.124. The highest BCUT2D eigenvalue weighted by Gasteiger charge is 2.41. The maximum atomic E-state index is 13.7. The first-order valence-corrected chi connectivity index (χ1v) is 14.4. The molecule has 2 fully saturated rings. The smallest absolute Gasteiger partial charge is 0.267 e. The molecule has 1 saturated heterocycles. The first-order valence-electron chi connectivity index (χ1n) is 12.8. The molecule has 38 heavy (non-hydrogen) atoms. The summed E-state index contributed by atoms with van der Waals surface area (Å²) in [6, 6.07) is 25.4. The van der Waals surface area contributed by atoms with Crippen LogP contribution in [0.2, 0.25) is 0 Å². The average Bonchev–Trinajstić information content (AvgIpc) is 3.23. The van der Waals surface area contributed by atoms with Crippen molar-refractivity contribution in [1.29, 1.82) is 5.26 Å². The quantitative estimate of drug-likeness (QED) is 0.274. The van der Waals surface area contributed by atoms with Gasteiger partial charge >= 0.3 is 0 Å². The van der Waals surface area contributed by atoms with Gasteiger partial charge in [-0.05, 0) is 88.4 Å². The Bertz CT molecular complexity index is 1430. The Labute approximate surface area is 236 Å². The summed E-state index contributed by atoms with van der Waals surface area (Å²) in [5, 5.41) is 10.1. The molecule has 2 aliphatic rings. The van der Waals surface area contributed by atoms with E-state index in [1.54, 1.807) is 6.07 Å². The molecule has 0 bridgehead atoms. The van der Waals surface area contributed by atoms with Crippen LogP contribution in [0.3, 0.4) is 0 Å². The number of carbonyl (C=O) groups is 1. The van der Waals surface area contributed by atoms with Crippen molar-refractivity contribution in [3.63, 3.8) is 0 Å². The molecule has 0 radical (unpaired) electrons. The minimum absolute atomic E-state index is 0.0213. The van der Waals surface area contributed by atoms with Gasteiger partial charge < -0.3 is 4.74 Å². The van der Waals surface area contributed by atoms with Crippen molar-refractivity contribution in [1.82, 2.24) is 4.90 Å². The van der Waals surface area contributed by atoms with E-state index in [2.05, 4.69) is 28.9 Å². The van der Waals surface area contributed by atoms with E-state index >= 15 is 0 Å². The van der Waals surface area contributed by atoms with Gasteiger partial charge in [-0.1, -0.05) is 62.2 Å². The van der Waals surface area contributed by atoms with Crippen LogP contribution < -0.4 is 4.74 Å². The molecule has 0 aromatic heterocycles. The Morgan fingerprint density at radius 3 is 2.63 bits per heavy atom. The molecule has 3 aromatic rings. The largest absolute Gasteiger partial charge is 0.488 e. The van der Waals surface area contributed by atoms with Gasteiger partial charge in [0.25, 0.3) is 5.91 Å². The van der Waals surface area contributed by atoms with Gasteiger partial charge in [-0.15, -0.1) is 0 Å². The van der Waals surface area contributed by atoms with Crippen molar-refractivity contribution >= 4 is 50.5 Å². The van der Waals surface area contributed by atoms with E-state index in [1.165, 1.54) is 18.2 Å². The molecule has 0 spiro atoms. The lowest BCUT2D eigenvalue weighted by Crippen LogP contribution is -2.44. The molecule has 1 aliphatic heterocycles. The summed E-state index contributed by atoms with van der Waals surface area (Å²) >= 11 is 5.06. The number of amides is 1. The van der Waals surface area contributed by atoms with Crippen LogP contribution in [0.25, 0.3) is 6.08 Å². The molecule has 0 unspecified atom stereocenters. The molecule has 1 aliphatic carbocycles. The Balaban J connectivity index is 1.39. The van der Waals surface area contributed by atoms with Crippen molar-refractivity contribution in [3.8, 4) is 11.8 Å². The Kier molecular flexibility index (Phi) is 8.31. The zero-order valence-electron chi connectivity index (χ0n) is 21.1. The highest BCUT2D eigenvalue weighted by atomic mass is 79.9. The summed E-state index contributed by atoms with van der Waals surface area (Å²) < 4.78 is 6.77. The van der Waals surface area contributed by atoms with E-state index in [1.807, 2.05) is 77.7 Å². The Morgan fingerprint density at radius 1 is 1.11 bits per heavy atom. The summed E-state index contributed by atoms with van der Waals surface area (Å²) in [5.74, 6) is 1.13. The summed E-state index contributed by atoms with van der Waals surface area (Å²) in [7, 11) is 0. The normalized spacial score (nSPS) is 21.6. The fourth-order valence-corrected chi connectivity index (χ4v) is 6.49. The number of thioether (sulfide) groups is 1. The van der Waals surface area contributed by atoms with Crippen molar-refractivity contribution in [3.05, 3.63) is 98.9 Å². The molecule has 1 saturated carbocycles. The maximum Gasteiger partial charge on any atom is 0.267 e. The van der Waals surface area contributed by atoms with Gasteiger partial charge in [-0.3, -0.25) is 9.69 Å². The topological polar surface area (TPSA) is 65.7 Å². The van der Waals surface area contributed by atoms with E-state index in [-0.39, 0.29) is 11.9 Å². The summed E-state index contributed by atoms with van der Waals surface area (Å²) in [6.45, 7) is 2.54. The molecule has 3 aromatic carbocycles. The number of hydrogen-bond donors (Lipinski definition) is 0. The standard InChI is InChI=1S/C31H28BrN3O2S/c1-21-9-5-8-14-27(21)35-30(36)29(38-31(35)34-25-12-3-2-4-13-25)18-22-15-16-28(26(32)17-22)37-20-24-11-7-6-10-23(24)19-33/h2-4,6-7,10-13,15-18,21,27H,5,8-9,14,20H2,1H3/b29-18-,34-31?/t21-,27+/m1/s1. The molecule has 1 heterocycles. The number of para-hydroxylation sites is 1. The number of nitrogens with zero attached hydrogens (tertiary/aromatic N) is 3. The molecule has 0 N–H and O–H groups in total. The SMILES string of the molecule is C[C@@H]1CCCC[C@@H]1N1C(=O)/C(=C/c2ccc(OCc3ccccc3C#N)c(Br)c2)SC1=Nc1ccccc1. The van der Waals surface area contributed by atoms with Gasteiger partial charge in [0.1, 0.15) is 12.4 Å². The van der Waals surface area contributed by atoms with Gasteiger partial charge in [-0.25, -0.2) is 4.99 Å². The van der Waals surface area contributed by atoms with Gasteiger partial charge in [0.2, 0.25) is 0 Å². The van der Waals surface area contributed by atoms with Crippen LogP contribution in [0.4, 0.5) is 5.69 Å². The molecule has 2 atom stereocenters. The van der Waals surface area contributed by atoms with Crippen LogP contribution in [0.5, 0.6) is 5.75 Å². The third kappa shape index (κ3) is 5.87. The lowest BCUT2D eigenvalue weighted by Gasteiger charge is -2.35. The number of hydrogen-bond acceptors (Lipinski definition) is 5. The Morgan fingerprint density at radius 2 is 1.87 bits per heavy atom. The minimum atomic E-state index is 0.0213. The number of carbonyl (C=O) groups excluding carboxylic acids is 1. The minimum Gasteiger partial charge on any atom is -0.488 e. The molecule has 7 heteroatoms. The molecular formula is C31H28BrN3O2S. The predicted octanol–water partition coefficient (Wildman–Crippen LogP) is 8.08. The summed E-state index contributed by atoms with van der Waals surface area (Å²) in [6.07, 6.45) is 6.41. The van der Waals surface area contributed by atoms with Crippen LogP contribution in [0, 0.1) is 17.2 Å². The first kappa shape index (κ1) is 26.3. The zero-order valence-corrected chi connectivity index (χ0v) is 23.5. The second-order valence-electron chi connectivity index (χ2n) is 9.59. The number of aliphatic imine (C=N–C) groups is 1. The second kappa shape index (κ2) is 12.0. The highest BCUT2D eigenvalue weighted by Crippen LogP contribution is 2.40. The first-order chi connectivity index (χ1) is 18.5. The number of benzene rings is 3. The highest BCUT2D eigenvalue weighted by molar-refractivity contribution is 9.10. The van der Waals surface area contributed by atoms with Crippen molar-refractivity contribution in [2.45, 2.75) is 45.3 Å². The van der Waals surface area contributed by atoms with E-state index < -0.39 is 0 Å². The molecular weight excluding hydrogens is 558 g/mol. The van der Waals surface area contributed by atoms with E-state index in [4.69, 9.17) is 9.73 Å². The number of nitriles is 1. The fourth-order valence-electron chi connectivity index (χ4n) is 4.94.